The fraction of sp³-hybridized carbons (Fsp3) is 0.400. The first-order valence-electron chi connectivity index (χ1n) is 4.73. The summed E-state index contributed by atoms with van der Waals surface area (Å²) in [7, 11) is -2.07. The highest BCUT2D eigenvalue weighted by atomic mass is 35.5. The van der Waals surface area contributed by atoms with Crippen molar-refractivity contribution in [2.24, 2.45) is 0 Å². The second-order valence-corrected chi connectivity index (χ2v) is 5.38. The molecule has 0 amide bonds. The number of benzene rings is 1. The van der Waals surface area contributed by atoms with Gasteiger partial charge < -0.3 is 0 Å². The predicted molar refractivity (Wildman–Crippen MR) is 63.6 cm³/mol. The van der Waals surface area contributed by atoms with E-state index in [4.69, 9.17) is 11.6 Å². The molecule has 0 atom stereocenters. The number of rotatable bonds is 6. The Balaban J connectivity index is 2.54. The highest BCUT2D eigenvalue weighted by Crippen LogP contribution is 2.08. The van der Waals surface area contributed by atoms with E-state index in [1.165, 1.54) is 7.11 Å². The monoisotopic (exact) mass is 263 g/mol. The molecule has 0 saturated carbocycles. The van der Waals surface area contributed by atoms with E-state index in [-0.39, 0.29) is 5.75 Å². The maximum atomic E-state index is 11.3. The molecule has 6 heteroatoms. The van der Waals surface area contributed by atoms with Gasteiger partial charge in [-0.25, -0.2) is 8.42 Å². The second-order valence-electron chi connectivity index (χ2n) is 3.31. The van der Waals surface area contributed by atoms with Gasteiger partial charge in [0.15, 0.2) is 0 Å². The third kappa shape index (κ3) is 4.49. The number of aryl methyl sites for hydroxylation is 1. The van der Waals surface area contributed by atoms with E-state index in [1.807, 2.05) is 29.2 Å². The number of sulfonamides is 1. The molecule has 0 fully saturated rings. The van der Waals surface area contributed by atoms with E-state index in [1.54, 1.807) is 0 Å². The Hall–Kier alpha value is -0.620. The zero-order valence-corrected chi connectivity index (χ0v) is 10.5. The van der Waals surface area contributed by atoms with Crippen LogP contribution in [0.25, 0.3) is 0 Å². The Morgan fingerprint density at radius 1 is 1.25 bits per heavy atom. The first-order chi connectivity index (χ1) is 7.57. The molecule has 0 aliphatic rings. The molecule has 1 aromatic rings. The van der Waals surface area contributed by atoms with Gasteiger partial charge in [-0.15, -0.1) is 11.6 Å². The zero-order valence-electron chi connectivity index (χ0n) is 8.94. The van der Waals surface area contributed by atoms with Crippen LogP contribution in [0, 0.1) is 0 Å². The fourth-order valence-electron chi connectivity index (χ4n) is 1.22. The summed E-state index contributed by atoms with van der Waals surface area (Å²) in [5.41, 5.74) is 1.97. The number of halogens is 1. The Bertz CT molecular complexity index is 416. The van der Waals surface area contributed by atoms with Crippen LogP contribution in [0.15, 0.2) is 24.3 Å². The number of alkyl halides is 1. The number of hydrogen-bond acceptors (Lipinski definition) is 3. The largest absolute Gasteiger partial charge is 0.290 e. The Morgan fingerprint density at radius 2 is 1.81 bits per heavy atom. The highest BCUT2D eigenvalue weighted by Gasteiger charge is 2.09. The van der Waals surface area contributed by atoms with Crippen LogP contribution in [-0.4, -0.2) is 21.3 Å². The lowest BCUT2D eigenvalue weighted by molar-refractivity contribution is 0.153. The van der Waals surface area contributed by atoms with Crippen LogP contribution in [0.1, 0.15) is 11.1 Å². The maximum absolute atomic E-state index is 11.3. The van der Waals surface area contributed by atoms with Gasteiger partial charge in [0.2, 0.25) is 10.0 Å². The lowest BCUT2D eigenvalue weighted by Crippen LogP contribution is -2.26. The molecule has 0 unspecified atom stereocenters. The summed E-state index contributed by atoms with van der Waals surface area (Å²) in [4.78, 5) is 6.34. The van der Waals surface area contributed by atoms with Gasteiger partial charge in [0.25, 0.3) is 0 Å². The average molecular weight is 264 g/mol. The molecule has 0 aliphatic carbocycles. The molecule has 4 nitrogen and oxygen atoms in total. The lowest BCUT2D eigenvalue weighted by Gasteiger charge is -2.04. The van der Waals surface area contributed by atoms with E-state index in [2.05, 4.69) is 4.84 Å². The molecule has 90 valence electrons. The molecule has 0 bridgehead atoms. The minimum Gasteiger partial charge on any atom is -0.290 e. The highest BCUT2D eigenvalue weighted by molar-refractivity contribution is 7.89. The van der Waals surface area contributed by atoms with Gasteiger partial charge in [0.05, 0.1) is 12.9 Å². The zero-order chi connectivity index (χ0) is 12.0. The molecule has 0 radical (unpaired) electrons. The number of nitrogens with one attached hydrogen (secondary N) is 1. The molecule has 1 N–H and O–H groups in total. The first kappa shape index (κ1) is 13.4. The molecular formula is C10H14ClNO3S. The van der Waals surface area contributed by atoms with Crippen molar-refractivity contribution in [1.29, 1.82) is 0 Å². The van der Waals surface area contributed by atoms with Crippen molar-refractivity contribution < 1.29 is 13.3 Å². The molecule has 0 aliphatic heterocycles. The third-order valence-electron chi connectivity index (χ3n) is 2.05. The molecule has 1 aromatic carbocycles. The van der Waals surface area contributed by atoms with Crippen LogP contribution >= 0.6 is 11.6 Å². The van der Waals surface area contributed by atoms with Gasteiger partial charge in [-0.3, -0.25) is 4.84 Å². The third-order valence-corrected chi connectivity index (χ3v) is 3.52. The topological polar surface area (TPSA) is 55.4 Å². The van der Waals surface area contributed by atoms with Crippen molar-refractivity contribution in [3.8, 4) is 0 Å². The van der Waals surface area contributed by atoms with Gasteiger partial charge in [0.1, 0.15) is 0 Å². The van der Waals surface area contributed by atoms with Crippen molar-refractivity contribution in [2.45, 2.75) is 12.3 Å². The fourth-order valence-corrected chi connectivity index (χ4v) is 2.24. The van der Waals surface area contributed by atoms with Gasteiger partial charge in [-0.2, -0.15) is 0 Å². The number of hydrogen-bond donors (Lipinski definition) is 1. The van der Waals surface area contributed by atoms with E-state index in [0.717, 1.165) is 11.1 Å². The summed E-state index contributed by atoms with van der Waals surface area (Å²) in [5, 5.41) is 0. The van der Waals surface area contributed by atoms with Gasteiger partial charge >= 0.3 is 0 Å². The standard InChI is InChI=1S/C10H14ClNO3S/c1-15-12-16(13,14)7-6-9-2-4-10(8-11)5-3-9/h2-5,12H,6-8H2,1H3. The Labute approximate surface area is 101 Å². The summed E-state index contributed by atoms with van der Waals surface area (Å²) in [6, 6.07) is 7.53. The van der Waals surface area contributed by atoms with E-state index in [0.29, 0.717) is 12.3 Å². The molecule has 0 aromatic heterocycles. The first-order valence-corrected chi connectivity index (χ1v) is 6.92. The van der Waals surface area contributed by atoms with Gasteiger partial charge in [-0.05, 0) is 17.5 Å². The van der Waals surface area contributed by atoms with E-state index in [9.17, 15) is 8.42 Å². The Kier molecular flexibility index (Phi) is 5.21. The molecule has 0 saturated heterocycles. The minimum absolute atomic E-state index is 0.00105. The summed E-state index contributed by atoms with van der Waals surface area (Å²) in [6.07, 6.45) is 0.446. The lowest BCUT2D eigenvalue weighted by atomic mass is 10.1. The molecule has 0 heterocycles. The summed E-state index contributed by atoms with van der Waals surface area (Å²) < 4.78 is 22.5. The predicted octanol–water partition coefficient (Wildman–Crippen LogP) is 1.45. The molecular weight excluding hydrogens is 250 g/mol. The minimum atomic E-state index is -3.34. The van der Waals surface area contributed by atoms with Gasteiger partial charge in [-0.1, -0.05) is 29.2 Å². The van der Waals surface area contributed by atoms with E-state index < -0.39 is 10.0 Å². The van der Waals surface area contributed by atoms with Crippen molar-refractivity contribution >= 4 is 21.6 Å². The molecule has 1 rings (SSSR count). The van der Waals surface area contributed by atoms with Crippen molar-refractivity contribution in [3.63, 3.8) is 0 Å². The van der Waals surface area contributed by atoms with Crippen LogP contribution in [0.5, 0.6) is 0 Å². The van der Waals surface area contributed by atoms with Crippen LogP contribution in [0.3, 0.4) is 0 Å². The normalized spacial score (nSPS) is 11.6. The van der Waals surface area contributed by atoms with Crippen molar-refractivity contribution in [2.75, 3.05) is 12.9 Å². The van der Waals surface area contributed by atoms with Crippen LogP contribution in [0.4, 0.5) is 0 Å². The Morgan fingerprint density at radius 3 is 2.31 bits per heavy atom. The van der Waals surface area contributed by atoms with Crippen LogP contribution in [0.2, 0.25) is 0 Å². The summed E-state index contributed by atoms with van der Waals surface area (Å²) in [5.74, 6) is 0.463. The average Bonchev–Trinajstić information content (AvgIpc) is 2.27. The van der Waals surface area contributed by atoms with E-state index >= 15 is 0 Å². The second kappa shape index (κ2) is 6.20. The summed E-state index contributed by atoms with van der Waals surface area (Å²) >= 11 is 5.65. The summed E-state index contributed by atoms with van der Waals surface area (Å²) in [6.45, 7) is 0. The van der Waals surface area contributed by atoms with Gasteiger partial charge in [0, 0.05) is 5.88 Å². The molecule has 16 heavy (non-hydrogen) atoms. The van der Waals surface area contributed by atoms with Crippen molar-refractivity contribution in [3.05, 3.63) is 35.4 Å². The quantitative estimate of drug-likeness (QED) is 0.624. The van der Waals surface area contributed by atoms with Crippen LogP contribution < -0.4 is 4.89 Å². The van der Waals surface area contributed by atoms with Crippen LogP contribution in [-0.2, 0) is 27.2 Å². The smallest absolute Gasteiger partial charge is 0.233 e. The maximum Gasteiger partial charge on any atom is 0.233 e. The molecule has 0 spiro atoms. The van der Waals surface area contributed by atoms with Crippen molar-refractivity contribution in [1.82, 2.24) is 4.89 Å². The SMILES string of the molecule is CONS(=O)(=O)CCc1ccc(CCl)cc1.